The molecule has 3 nitrogen and oxygen atoms in total. The van der Waals surface area contributed by atoms with E-state index in [1.807, 2.05) is 0 Å². The summed E-state index contributed by atoms with van der Waals surface area (Å²) in [5.41, 5.74) is 6.86. The maximum absolute atomic E-state index is 5.88. The molecule has 0 aliphatic carbocycles. The minimum absolute atomic E-state index is 0.182. The molecule has 2 N–H and O–H groups in total. The van der Waals surface area contributed by atoms with Gasteiger partial charge < -0.3 is 5.73 Å². The van der Waals surface area contributed by atoms with Crippen LogP contribution in [0.5, 0.6) is 0 Å². The standard InChI is InChI=1S/C9H15N3/c1-3-8(10)7(2)9-6-11-4-5-12-9/h4-8H,3,10H2,1-2H3. The Hall–Kier alpha value is -0.960. The number of hydrogen-bond donors (Lipinski definition) is 1. The summed E-state index contributed by atoms with van der Waals surface area (Å²) in [6.45, 7) is 4.16. The SMILES string of the molecule is CCC(N)C(C)c1cnccn1. The van der Waals surface area contributed by atoms with Crippen LogP contribution in [0.3, 0.4) is 0 Å². The second-order valence-corrected chi connectivity index (χ2v) is 2.99. The fourth-order valence-corrected chi connectivity index (χ4v) is 1.12. The molecule has 0 aliphatic rings. The summed E-state index contributed by atoms with van der Waals surface area (Å²) in [5.74, 6) is 0.295. The lowest BCUT2D eigenvalue weighted by atomic mass is 9.97. The predicted octanol–water partition coefficient (Wildman–Crippen LogP) is 1.32. The van der Waals surface area contributed by atoms with Crippen molar-refractivity contribution in [2.45, 2.75) is 32.2 Å². The van der Waals surface area contributed by atoms with E-state index >= 15 is 0 Å². The second kappa shape index (κ2) is 4.16. The third-order valence-corrected chi connectivity index (χ3v) is 2.16. The highest BCUT2D eigenvalue weighted by Crippen LogP contribution is 2.15. The van der Waals surface area contributed by atoms with E-state index in [1.54, 1.807) is 18.6 Å². The topological polar surface area (TPSA) is 51.8 Å². The van der Waals surface area contributed by atoms with Gasteiger partial charge in [0, 0.05) is 30.6 Å². The van der Waals surface area contributed by atoms with Crippen molar-refractivity contribution in [1.82, 2.24) is 9.97 Å². The zero-order valence-corrected chi connectivity index (χ0v) is 7.57. The lowest BCUT2D eigenvalue weighted by Gasteiger charge is -2.16. The Labute approximate surface area is 73.0 Å². The Morgan fingerprint density at radius 2 is 2.25 bits per heavy atom. The molecule has 0 saturated heterocycles. The zero-order chi connectivity index (χ0) is 8.97. The van der Waals surface area contributed by atoms with Crippen molar-refractivity contribution < 1.29 is 0 Å². The first-order valence-electron chi connectivity index (χ1n) is 4.27. The Kier molecular flexibility index (Phi) is 3.17. The number of aromatic nitrogens is 2. The van der Waals surface area contributed by atoms with Crippen LogP contribution in [0.15, 0.2) is 18.6 Å². The Balaban J connectivity index is 2.71. The van der Waals surface area contributed by atoms with Gasteiger partial charge in [0.15, 0.2) is 0 Å². The molecule has 2 unspecified atom stereocenters. The molecule has 0 radical (unpaired) electrons. The van der Waals surface area contributed by atoms with Crippen LogP contribution in [0.25, 0.3) is 0 Å². The van der Waals surface area contributed by atoms with Gasteiger partial charge in [-0.15, -0.1) is 0 Å². The number of nitrogens with zero attached hydrogens (tertiary/aromatic N) is 2. The van der Waals surface area contributed by atoms with E-state index in [0.29, 0.717) is 5.92 Å². The fraction of sp³-hybridized carbons (Fsp3) is 0.556. The Morgan fingerprint density at radius 1 is 1.50 bits per heavy atom. The molecule has 0 aromatic carbocycles. The van der Waals surface area contributed by atoms with Gasteiger partial charge in [0.05, 0.1) is 5.69 Å². The van der Waals surface area contributed by atoms with E-state index in [2.05, 4.69) is 23.8 Å². The van der Waals surface area contributed by atoms with E-state index in [9.17, 15) is 0 Å². The molecule has 12 heavy (non-hydrogen) atoms. The van der Waals surface area contributed by atoms with E-state index in [1.165, 1.54) is 0 Å². The fourth-order valence-electron chi connectivity index (χ4n) is 1.12. The molecule has 1 aromatic heterocycles. The first kappa shape index (κ1) is 9.13. The first-order chi connectivity index (χ1) is 5.75. The minimum atomic E-state index is 0.182. The van der Waals surface area contributed by atoms with Crippen molar-refractivity contribution in [3.8, 4) is 0 Å². The minimum Gasteiger partial charge on any atom is -0.327 e. The predicted molar refractivity (Wildman–Crippen MR) is 48.7 cm³/mol. The quantitative estimate of drug-likeness (QED) is 0.734. The largest absolute Gasteiger partial charge is 0.327 e. The summed E-state index contributed by atoms with van der Waals surface area (Å²) in [6, 6.07) is 0.182. The molecular formula is C9H15N3. The summed E-state index contributed by atoms with van der Waals surface area (Å²) in [5, 5.41) is 0. The van der Waals surface area contributed by atoms with Crippen LogP contribution < -0.4 is 5.73 Å². The van der Waals surface area contributed by atoms with Crippen LogP contribution in [-0.4, -0.2) is 16.0 Å². The Morgan fingerprint density at radius 3 is 2.75 bits per heavy atom. The number of rotatable bonds is 3. The van der Waals surface area contributed by atoms with E-state index in [-0.39, 0.29) is 6.04 Å². The Bertz CT molecular complexity index is 222. The molecule has 0 aliphatic heterocycles. The van der Waals surface area contributed by atoms with Crippen LogP contribution in [0.1, 0.15) is 31.9 Å². The van der Waals surface area contributed by atoms with Crippen molar-refractivity contribution >= 4 is 0 Å². The van der Waals surface area contributed by atoms with Crippen molar-refractivity contribution in [2.75, 3.05) is 0 Å². The second-order valence-electron chi connectivity index (χ2n) is 2.99. The smallest absolute Gasteiger partial charge is 0.0630 e. The molecule has 2 atom stereocenters. The highest BCUT2D eigenvalue weighted by molar-refractivity contribution is 5.04. The van der Waals surface area contributed by atoms with Crippen LogP contribution >= 0.6 is 0 Å². The van der Waals surface area contributed by atoms with Crippen LogP contribution in [0.2, 0.25) is 0 Å². The molecule has 0 spiro atoms. The zero-order valence-electron chi connectivity index (χ0n) is 7.57. The van der Waals surface area contributed by atoms with Gasteiger partial charge in [0.2, 0.25) is 0 Å². The van der Waals surface area contributed by atoms with Gasteiger partial charge in [-0.1, -0.05) is 13.8 Å². The molecule has 1 aromatic rings. The molecule has 1 heterocycles. The third-order valence-electron chi connectivity index (χ3n) is 2.16. The lowest BCUT2D eigenvalue weighted by molar-refractivity contribution is 0.539. The van der Waals surface area contributed by atoms with Crippen LogP contribution in [0, 0.1) is 0 Å². The van der Waals surface area contributed by atoms with Crippen molar-refractivity contribution in [3.63, 3.8) is 0 Å². The average molecular weight is 165 g/mol. The molecule has 0 amide bonds. The van der Waals surface area contributed by atoms with Crippen LogP contribution in [-0.2, 0) is 0 Å². The maximum Gasteiger partial charge on any atom is 0.0630 e. The summed E-state index contributed by atoms with van der Waals surface area (Å²) >= 11 is 0. The summed E-state index contributed by atoms with van der Waals surface area (Å²) in [6.07, 6.45) is 6.12. The highest BCUT2D eigenvalue weighted by Gasteiger charge is 2.13. The van der Waals surface area contributed by atoms with Crippen molar-refractivity contribution in [3.05, 3.63) is 24.3 Å². The summed E-state index contributed by atoms with van der Waals surface area (Å²) < 4.78 is 0. The number of hydrogen-bond acceptors (Lipinski definition) is 3. The monoisotopic (exact) mass is 165 g/mol. The molecule has 3 heteroatoms. The van der Waals surface area contributed by atoms with Crippen LogP contribution in [0.4, 0.5) is 0 Å². The van der Waals surface area contributed by atoms with E-state index in [4.69, 9.17) is 5.73 Å². The molecule has 0 bridgehead atoms. The third kappa shape index (κ3) is 2.01. The van der Waals surface area contributed by atoms with Gasteiger partial charge in [0.25, 0.3) is 0 Å². The van der Waals surface area contributed by atoms with Crippen molar-refractivity contribution in [2.24, 2.45) is 5.73 Å². The van der Waals surface area contributed by atoms with Gasteiger partial charge in [-0.05, 0) is 6.42 Å². The van der Waals surface area contributed by atoms with Gasteiger partial charge in [-0.2, -0.15) is 0 Å². The normalized spacial score (nSPS) is 15.6. The number of nitrogens with two attached hydrogens (primary N) is 1. The summed E-state index contributed by atoms with van der Waals surface area (Å²) in [7, 11) is 0. The van der Waals surface area contributed by atoms with Crippen molar-refractivity contribution in [1.29, 1.82) is 0 Å². The van der Waals surface area contributed by atoms with E-state index < -0.39 is 0 Å². The van der Waals surface area contributed by atoms with E-state index in [0.717, 1.165) is 12.1 Å². The van der Waals surface area contributed by atoms with Gasteiger partial charge in [-0.25, -0.2) is 0 Å². The molecule has 66 valence electrons. The van der Waals surface area contributed by atoms with Gasteiger partial charge >= 0.3 is 0 Å². The summed E-state index contributed by atoms with van der Waals surface area (Å²) in [4.78, 5) is 8.21. The van der Waals surface area contributed by atoms with Gasteiger partial charge in [0.1, 0.15) is 0 Å². The molecule has 0 saturated carbocycles. The highest BCUT2D eigenvalue weighted by atomic mass is 14.8. The molecular weight excluding hydrogens is 150 g/mol. The molecule has 0 fully saturated rings. The lowest BCUT2D eigenvalue weighted by Crippen LogP contribution is -2.26. The average Bonchev–Trinajstić information content (AvgIpc) is 2.17. The first-order valence-corrected chi connectivity index (χ1v) is 4.27. The molecule has 1 rings (SSSR count). The van der Waals surface area contributed by atoms with Gasteiger partial charge in [-0.3, -0.25) is 9.97 Å². The maximum atomic E-state index is 5.88.